The predicted molar refractivity (Wildman–Crippen MR) is 84.4 cm³/mol. The van der Waals surface area contributed by atoms with Gasteiger partial charge in [0.15, 0.2) is 5.11 Å². The highest BCUT2D eigenvalue weighted by Crippen LogP contribution is 2.12. The molecule has 0 bridgehead atoms. The topological polar surface area (TPSA) is 36.4 Å². The molecule has 2 aromatic rings. The maximum Gasteiger partial charge on any atom is 0.191 e. The maximum absolute atomic E-state index is 13.6. The minimum atomic E-state index is -0.420. The molecule has 0 aliphatic carbocycles. The van der Waals surface area contributed by atoms with Gasteiger partial charge >= 0.3 is 0 Å². The predicted octanol–water partition coefficient (Wildman–Crippen LogP) is 3.68. The average molecular weight is 305 g/mol. The van der Waals surface area contributed by atoms with Gasteiger partial charge in [-0.3, -0.25) is 5.43 Å². The summed E-state index contributed by atoms with van der Waals surface area (Å²) in [5.41, 5.74) is 3.61. The lowest BCUT2D eigenvalue weighted by Crippen LogP contribution is -2.25. The van der Waals surface area contributed by atoms with E-state index in [1.165, 1.54) is 12.1 Å². The lowest BCUT2D eigenvalue weighted by molar-refractivity contribution is 0.625. The van der Waals surface area contributed by atoms with E-state index in [4.69, 9.17) is 12.2 Å². The van der Waals surface area contributed by atoms with Crippen molar-refractivity contribution in [2.75, 3.05) is 5.32 Å². The second kappa shape index (κ2) is 6.90. The van der Waals surface area contributed by atoms with Gasteiger partial charge in [0.2, 0.25) is 0 Å². The summed E-state index contributed by atoms with van der Waals surface area (Å²) in [7, 11) is 0. The summed E-state index contributed by atoms with van der Waals surface area (Å²) in [4.78, 5) is 0. The van der Waals surface area contributed by atoms with Crippen LogP contribution in [0.3, 0.4) is 0 Å². The molecule has 0 fully saturated rings. The van der Waals surface area contributed by atoms with E-state index in [0.29, 0.717) is 11.3 Å². The largest absolute Gasteiger partial charge is 0.329 e. The Morgan fingerprint density at radius 1 is 1.00 bits per heavy atom. The van der Waals surface area contributed by atoms with Crippen molar-refractivity contribution in [3.8, 4) is 0 Å². The number of hydrogen-bond acceptors (Lipinski definition) is 2. The van der Waals surface area contributed by atoms with E-state index in [2.05, 4.69) is 15.8 Å². The molecule has 0 unspecified atom stereocenters. The molecule has 6 heteroatoms. The number of halogens is 2. The zero-order valence-electron chi connectivity index (χ0n) is 11.2. The van der Waals surface area contributed by atoms with Crippen LogP contribution in [0.5, 0.6) is 0 Å². The molecule has 0 atom stereocenters. The summed E-state index contributed by atoms with van der Waals surface area (Å²) >= 11 is 5.01. The van der Waals surface area contributed by atoms with Crippen molar-refractivity contribution < 1.29 is 8.78 Å². The quantitative estimate of drug-likeness (QED) is 0.516. The first-order valence-corrected chi connectivity index (χ1v) is 6.59. The molecule has 2 aromatic carbocycles. The van der Waals surface area contributed by atoms with Crippen LogP contribution < -0.4 is 10.7 Å². The van der Waals surface area contributed by atoms with Gasteiger partial charge in [0.25, 0.3) is 0 Å². The zero-order valence-corrected chi connectivity index (χ0v) is 12.0. The summed E-state index contributed by atoms with van der Waals surface area (Å²) in [5, 5.41) is 6.78. The molecule has 0 spiro atoms. The molecule has 0 aliphatic heterocycles. The molecule has 0 saturated heterocycles. The second-order valence-electron chi connectivity index (χ2n) is 4.22. The van der Waals surface area contributed by atoms with Crippen molar-refractivity contribution >= 4 is 28.7 Å². The van der Waals surface area contributed by atoms with Gasteiger partial charge in [-0.15, -0.1) is 0 Å². The van der Waals surface area contributed by atoms with E-state index in [0.717, 1.165) is 0 Å². The van der Waals surface area contributed by atoms with Crippen LogP contribution >= 0.6 is 12.2 Å². The van der Waals surface area contributed by atoms with E-state index in [9.17, 15) is 8.78 Å². The van der Waals surface area contributed by atoms with Crippen LogP contribution in [0.4, 0.5) is 14.5 Å². The van der Waals surface area contributed by atoms with Gasteiger partial charge in [-0.1, -0.05) is 30.3 Å². The number of thiocarbonyl (C=S) groups is 1. The minimum absolute atomic E-state index is 0.121. The molecule has 3 nitrogen and oxygen atoms in total. The first kappa shape index (κ1) is 15.1. The third kappa shape index (κ3) is 4.06. The Morgan fingerprint density at radius 3 is 2.29 bits per heavy atom. The Labute approximate surface area is 126 Å². The maximum atomic E-state index is 13.6. The SMILES string of the molecule is C/C(=N/NC(=S)Nc1ccccc1F)c1ccccc1F. The molecule has 0 aliphatic rings. The van der Waals surface area contributed by atoms with Gasteiger partial charge in [0.05, 0.1) is 11.4 Å². The normalized spacial score (nSPS) is 11.1. The summed E-state index contributed by atoms with van der Waals surface area (Å²) in [6, 6.07) is 12.4. The van der Waals surface area contributed by atoms with Crippen LogP contribution in [0.2, 0.25) is 0 Å². The van der Waals surface area contributed by atoms with Crippen molar-refractivity contribution in [1.82, 2.24) is 5.43 Å². The third-order valence-electron chi connectivity index (χ3n) is 2.71. The monoisotopic (exact) mass is 305 g/mol. The van der Waals surface area contributed by atoms with E-state index >= 15 is 0 Å². The van der Waals surface area contributed by atoms with Crippen LogP contribution in [0.25, 0.3) is 0 Å². The third-order valence-corrected chi connectivity index (χ3v) is 2.90. The number of anilines is 1. The molecule has 0 saturated carbocycles. The highest BCUT2D eigenvalue weighted by Gasteiger charge is 2.05. The molecule has 2 rings (SSSR count). The number of para-hydroxylation sites is 1. The second-order valence-corrected chi connectivity index (χ2v) is 4.63. The fourth-order valence-electron chi connectivity index (χ4n) is 1.66. The van der Waals surface area contributed by atoms with E-state index < -0.39 is 5.82 Å². The molecule has 2 N–H and O–H groups in total. The van der Waals surface area contributed by atoms with Crippen molar-refractivity contribution in [2.45, 2.75) is 6.92 Å². The van der Waals surface area contributed by atoms with Crippen molar-refractivity contribution in [3.05, 3.63) is 65.7 Å². The number of rotatable bonds is 3. The van der Waals surface area contributed by atoms with E-state index in [1.54, 1.807) is 43.3 Å². The molecule has 0 amide bonds. The lowest BCUT2D eigenvalue weighted by Gasteiger charge is -2.09. The van der Waals surface area contributed by atoms with Crippen molar-refractivity contribution in [2.24, 2.45) is 5.10 Å². The molecule has 108 valence electrons. The first-order valence-electron chi connectivity index (χ1n) is 6.18. The highest BCUT2D eigenvalue weighted by atomic mass is 32.1. The molecular weight excluding hydrogens is 292 g/mol. The summed E-state index contributed by atoms with van der Waals surface area (Å²) in [6.07, 6.45) is 0. The lowest BCUT2D eigenvalue weighted by atomic mass is 10.1. The van der Waals surface area contributed by atoms with Crippen molar-refractivity contribution in [1.29, 1.82) is 0 Å². The Bertz CT molecular complexity index is 686. The van der Waals surface area contributed by atoms with Crippen LogP contribution in [0.15, 0.2) is 53.6 Å². The number of nitrogens with one attached hydrogen (secondary N) is 2. The van der Waals surface area contributed by atoms with E-state index in [-0.39, 0.29) is 16.6 Å². The molecule has 0 heterocycles. The number of hydrogen-bond donors (Lipinski definition) is 2. The Kier molecular flexibility index (Phi) is 4.94. The summed E-state index contributed by atoms with van der Waals surface area (Å²) in [5.74, 6) is -0.787. The first-order chi connectivity index (χ1) is 10.1. The van der Waals surface area contributed by atoms with Crippen LogP contribution in [-0.2, 0) is 0 Å². The number of hydrazone groups is 1. The number of nitrogens with zero attached hydrogens (tertiary/aromatic N) is 1. The Morgan fingerprint density at radius 2 is 1.62 bits per heavy atom. The van der Waals surface area contributed by atoms with Gasteiger partial charge in [0, 0.05) is 5.56 Å². The van der Waals surface area contributed by atoms with Gasteiger partial charge in [-0.05, 0) is 37.3 Å². The molecule has 0 aromatic heterocycles. The van der Waals surface area contributed by atoms with Gasteiger partial charge < -0.3 is 5.32 Å². The minimum Gasteiger partial charge on any atom is -0.329 e. The van der Waals surface area contributed by atoms with Crippen LogP contribution in [0.1, 0.15) is 12.5 Å². The smallest absolute Gasteiger partial charge is 0.191 e. The molecule has 0 radical (unpaired) electrons. The van der Waals surface area contributed by atoms with Crippen LogP contribution in [0, 0.1) is 11.6 Å². The van der Waals surface area contributed by atoms with Gasteiger partial charge in [-0.2, -0.15) is 5.10 Å². The Balaban J connectivity index is 2.02. The van der Waals surface area contributed by atoms with Gasteiger partial charge in [-0.25, -0.2) is 8.78 Å². The van der Waals surface area contributed by atoms with Crippen LogP contribution in [-0.4, -0.2) is 10.8 Å². The summed E-state index contributed by atoms with van der Waals surface area (Å²) < 4.78 is 27.0. The Hall–Kier alpha value is -2.34. The number of benzene rings is 2. The fraction of sp³-hybridized carbons (Fsp3) is 0.0667. The highest BCUT2D eigenvalue weighted by molar-refractivity contribution is 7.80. The van der Waals surface area contributed by atoms with E-state index in [1.807, 2.05) is 0 Å². The zero-order chi connectivity index (χ0) is 15.2. The van der Waals surface area contributed by atoms with Gasteiger partial charge in [0.1, 0.15) is 11.6 Å². The fourth-order valence-corrected chi connectivity index (χ4v) is 1.82. The summed E-state index contributed by atoms with van der Waals surface area (Å²) in [6.45, 7) is 1.65. The average Bonchev–Trinajstić information content (AvgIpc) is 2.48. The van der Waals surface area contributed by atoms with Crippen molar-refractivity contribution in [3.63, 3.8) is 0 Å². The molecular formula is C15H13F2N3S. The standard InChI is InChI=1S/C15H13F2N3S/c1-10(11-6-2-3-7-12(11)16)19-20-15(21)18-14-9-5-4-8-13(14)17/h2-9H,1H3,(H2,18,20,21)/b19-10-. The molecule has 21 heavy (non-hydrogen) atoms.